The topological polar surface area (TPSA) is 125 Å². The number of thioether (sulfide) groups is 2. The van der Waals surface area contributed by atoms with Crippen LogP contribution in [0.2, 0.25) is 0 Å². The van der Waals surface area contributed by atoms with Gasteiger partial charge in [0.05, 0.1) is 6.61 Å². The van der Waals surface area contributed by atoms with Gasteiger partial charge in [-0.25, -0.2) is 4.79 Å². The summed E-state index contributed by atoms with van der Waals surface area (Å²) in [6.07, 6.45) is 8.47. The van der Waals surface area contributed by atoms with Crippen LogP contribution in [0.3, 0.4) is 0 Å². The summed E-state index contributed by atoms with van der Waals surface area (Å²) >= 11 is 8.63. The van der Waals surface area contributed by atoms with Gasteiger partial charge in [-0.2, -0.15) is 0 Å². The predicted octanol–water partition coefficient (Wildman–Crippen LogP) is 5.71. The number of unbranched alkanes of at least 4 members (excludes halogenated alkanes) is 5. The quantitative estimate of drug-likeness (QED) is 0.0947. The normalized spacial score (nSPS) is 9.82. The van der Waals surface area contributed by atoms with Crippen LogP contribution in [-0.2, 0) is 19.1 Å². The van der Waals surface area contributed by atoms with Crippen molar-refractivity contribution in [1.82, 2.24) is 0 Å². The Bertz CT molecular complexity index is 562. The maximum atomic E-state index is 10.8. The zero-order valence-electron chi connectivity index (χ0n) is 19.6. The van der Waals surface area contributed by atoms with E-state index in [1.54, 1.807) is 16.1 Å². The molecule has 7 nitrogen and oxygen atoms in total. The third-order valence-corrected chi connectivity index (χ3v) is 6.32. The molecule has 0 saturated carbocycles. The van der Waals surface area contributed by atoms with E-state index in [1.807, 2.05) is 0 Å². The fourth-order valence-electron chi connectivity index (χ4n) is 1.64. The number of ether oxygens (including phenoxy) is 1. The van der Waals surface area contributed by atoms with Crippen molar-refractivity contribution in [2.24, 2.45) is 0 Å². The van der Waals surface area contributed by atoms with Gasteiger partial charge in [0.2, 0.25) is 0 Å². The van der Waals surface area contributed by atoms with E-state index in [0.717, 1.165) is 36.4 Å². The van der Waals surface area contributed by atoms with E-state index in [9.17, 15) is 14.4 Å². The van der Waals surface area contributed by atoms with Gasteiger partial charge in [0.15, 0.2) is 0 Å². The SMILES string of the molecule is C.C=CC(=O)OCCCCCCCC.CC(C)(SC(=S)SC(C)(C)C(=O)O)C(=O)O.[B].[NH]=[Al]. The standard InChI is InChI=1S/C11H20O2.C9H14O4S3.CH4.Al.B.HN/c1-3-5-6-7-8-9-10-13-11(12)4-2;1-8(2,5(10)11)15-7(14)16-9(3,4)6(12)13;;;;/h4H,2-3,5-10H2,1H3;1-4H3,(H,10,11)(H,12,13);1H4;;;1H. The van der Waals surface area contributed by atoms with Crippen LogP contribution in [0, 0.1) is 4.35 Å². The van der Waals surface area contributed by atoms with Crippen molar-refractivity contribution in [2.75, 3.05) is 6.61 Å². The van der Waals surface area contributed by atoms with E-state index in [2.05, 4.69) is 13.5 Å². The second-order valence-electron chi connectivity index (χ2n) is 7.22. The first-order valence-electron chi connectivity index (χ1n) is 9.77. The van der Waals surface area contributed by atoms with E-state index in [-0.39, 0.29) is 21.8 Å². The minimum absolute atomic E-state index is 0. The van der Waals surface area contributed by atoms with E-state index >= 15 is 0 Å². The first-order chi connectivity index (χ1) is 14.3. The molecule has 0 aromatic carbocycles. The third-order valence-electron chi connectivity index (χ3n) is 3.62. The molecule has 0 aliphatic rings. The van der Waals surface area contributed by atoms with Crippen LogP contribution in [0.1, 0.15) is 80.6 Å². The van der Waals surface area contributed by atoms with Crippen LogP contribution >= 0.6 is 35.7 Å². The Labute approximate surface area is 223 Å². The molecule has 3 N–H and O–H groups in total. The molecule has 0 aromatic heterocycles. The summed E-state index contributed by atoms with van der Waals surface area (Å²) in [5.41, 5.74) is 0. The van der Waals surface area contributed by atoms with Crippen molar-refractivity contribution >= 4 is 81.7 Å². The van der Waals surface area contributed by atoms with Gasteiger partial charge < -0.3 is 14.9 Å². The summed E-state index contributed by atoms with van der Waals surface area (Å²) in [5.74, 6) is -2.27. The van der Waals surface area contributed by atoms with Gasteiger partial charge in [-0.15, -0.1) is 0 Å². The number of hydrogen-bond donors (Lipinski definition) is 3. The molecule has 0 amide bonds. The van der Waals surface area contributed by atoms with Gasteiger partial charge in [-0.3, -0.25) is 9.59 Å². The molecule has 0 rings (SSSR count). The number of esters is 1. The Hall–Kier alpha value is -0.663. The molecule has 0 fully saturated rings. The number of thiocarbonyl (C=S) groups is 1. The van der Waals surface area contributed by atoms with Gasteiger partial charge in [-0.05, 0) is 34.1 Å². The van der Waals surface area contributed by atoms with Crippen LogP contribution in [0.4, 0.5) is 0 Å². The molecule has 0 aromatic rings. The number of rotatable bonds is 12. The molecular weight excluding hydrogens is 496 g/mol. The Morgan fingerprint density at radius 2 is 1.33 bits per heavy atom. The van der Waals surface area contributed by atoms with E-state index in [1.165, 1.54) is 59.5 Å². The third kappa shape index (κ3) is 25.8. The Morgan fingerprint density at radius 1 is 0.970 bits per heavy atom. The molecule has 4 radical (unpaired) electrons. The molecule has 12 heteroatoms. The van der Waals surface area contributed by atoms with Crippen molar-refractivity contribution in [2.45, 2.75) is 90.1 Å². The zero-order chi connectivity index (χ0) is 25.1. The molecule has 0 bridgehead atoms. The second-order valence-corrected chi connectivity index (χ2v) is 11.7. The molecule has 0 aliphatic heterocycles. The monoisotopic (exact) mass is 535 g/mol. The molecule has 0 spiro atoms. The summed E-state index contributed by atoms with van der Waals surface area (Å²) < 4.78 is 8.74. The van der Waals surface area contributed by atoms with Gasteiger partial charge >= 0.3 is 38.3 Å². The molecule has 0 saturated heterocycles. The van der Waals surface area contributed by atoms with E-state index < -0.39 is 21.4 Å². The number of nitrogens with one attached hydrogen (secondary N) is 1. The summed E-state index contributed by atoms with van der Waals surface area (Å²) in [7, 11) is 0. The Kier molecular flexibility index (Phi) is 31.5. The van der Waals surface area contributed by atoms with Crippen molar-refractivity contribution in [3.05, 3.63) is 12.7 Å². The summed E-state index contributed by atoms with van der Waals surface area (Å²) in [6.45, 7) is 12.2. The predicted molar refractivity (Wildman–Crippen MR) is 147 cm³/mol. The number of carbonyl (C=O) groups excluding carboxylic acids is 1. The summed E-state index contributed by atoms with van der Waals surface area (Å²) in [5, 5.41) is 17.8. The Morgan fingerprint density at radius 3 is 1.67 bits per heavy atom. The van der Waals surface area contributed by atoms with Crippen LogP contribution in [0.15, 0.2) is 12.7 Å². The van der Waals surface area contributed by atoms with Crippen LogP contribution in [0.5, 0.6) is 0 Å². The van der Waals surface area contributed by atoms with Crippen molar-refractivity contribution in [3.8, 4) is 0 Å². The number of carbonyl (C=O) groups is 3. The fourth-order valence-corrected chi connectivity index (χ4v) is 5.31. The van der Waals surface area contributed by atoms with Gasteiger partial charge in [0, 0.05) is 14.5 Å². The number of carboxylic acid groups (broad SMARTS) is 2. The van der Waals surface area contributed by atoms with Gasteiger partial charge in [0.1, 0.15) is 13.0 Å². The first kappa shape index (κ1) is 42.5. The molecule has 33 heavy (non-hydrogen) atoms. The molecule has 0 heterocycles. The van der Waals surface area contributed by atoms with Crippen molar-refractivity contribution in [1.29, 1.82) is 4.35 Å². The molecule has 0 aliphatic carbocycles. The molecule has 188 valence electrons. The van der Waals surface area contributed by atoms with Crippen LogP contribution < -0.4 is 0 Å². The van der Waals surface area contributed by atoms with Gasteiger partial charge in [0.25, 0.3) is 0 Å². The number of hydrogen-bond acceptors (Lipinski definition) is 8. The fraction of sp³-hybridized carbons (Fsp3) is 0.714. The van der Waals surface area contributed by atoms with E-state index in [4.69, 9.17) is 31.5 Å². The number of aliphatic carboxylic acids is 2. The van der Waals surface area contributed by atoms with Gasteiger partial charge in [-0.1, -0.05) is 88.8 Å². The molecule has 0 atom stereocenters. The maximum absolute atomic E-state index is 10.8. The molecule has 0 unspecified atom stereocenters. The number of carboxylic acids is 2. The summed E-state index contributed by atoms with van der Waals surface area (Å²) in [6, 6.07) is 0. The summed E-state index contributed by atoms with van der Waals surface area (Å²) in [4.78, 5) is 32.3. The second kappa shape index (κ2) is 24.5. The Balaban J connectivity index is -0.000000141. The average Bonchev–Trinajstić information content (AvgIpc) is 2.68. The first-order valence-corrected chi connectivity index (χ1v) is 12.4. The van der Waals surface area contributed by atoms with Crippen LogP contribution in [0.25, 0.3) is 0 Å². The zero-order valence-corrected chi connectivity index (χ0v) is 23.2. The van der Waals surface area contributed by atoms with Crippen molar-refractivity contribution in [3.63, 3.8) is 0 Å². The minimum atomic E-state index is -1.04. The average molecular weight is 536 g/mol. The molecular formula is C21H39AlBNO6S3. The van der Waals surface area contributed by atoms with Crippen LogP contribution in [-0.4, -0.2) is 72.3 Å². The van der Waals surface area contributed by atoms with Crippen molar-refractivity contribution < 1.29 is 29.3 Å². The van der Waals surface area contributed by atoms with E-state index in [0.29, 0.717) is 10.1 Å².